The summed E-state index contributed by atoms with van der Waals surface area (Å²) in [6.07, 6.45) is 0. The number of halogens is 3. The molecule has 0 radical (unpaired) electrons. The Bertz CT molecular complexity index is 552. The van der Waals surface area contributed by atoms with E-state index in [4.69, 9.17) is 23.2 Å². The molecule has 4 nitrogen and oxygen atoms in total. The van der Waals surface area contributed by atoms with Crippen LogP contribution >= 0.6 is 23.2 Å². The predicted octanol–water partition coefficient (Wildman–Crippen LogP) is 2.33. The zero-order chi connectivity index (χ0) is 14.6. The Morgan fingerprint density at radius 2 is 2.00 bits per heavy atom. The third-order valence-electron chi connectivity index (χ3n) is 2.64. The minimum absolute atomic E-state index is 0.0519. The van der Waals surface area contributed by atoms with Crippen LogP contribution in [0.25, 0.3) is 0 Å². The van der Waals surface area contributed by atoms with Gasteiger partial charge in [-0.1, -0.05) is 23.2 Å². The molecule has 0 aliphatic carbocycles. The molecule has 0 saturated carbocycles. The van der Waals surface area contributed by atoms with Crippen LogP contribution in [-0.2, 0) is 10.0 Å². The maximum absolute atomic E-state index is 13.4. The van der Waals surface area contributed by atoms with Crippen LogP contribution < -0.4 is 10.0 Å². The molecule has 1 aromatic rings. The van der Waals surface area contributed by atoms with E-state index >= 15 is 0 Å². The number of sulfonamides is 1. The van der Waals surface area contributed by atoms with Crippen LogP contribution in [-0.4, -0.2) is 27.8 Å². The Balaban J connectivity index is 2.74. The maximum atomic E-state index is 13.4. The number of rotatable bonds is 6. The summed E-state index contributed by atoms with van der Waals surface area (Å²) in [4.78, 5) is 0. The molecule has 0 heterocycles. The average molecular weight is 329 g/mol. The first-order valence-corrected chi connectivity index (χ1v) is 7.97. The monoisotopic (exact) mass is 328 g/mol. The van der Waals surface area contributed by atoms with E-state index in [2.05, 4.69) is 10.0 Å². The lowest BCUT2D eigenvalue weighted by Gasteiger charge is -2.17. The van der Waals surface area contributed by atoms with Gasteiger partial charge in [0.05, 0.1) is 10.8 Å². The highest BCUT2D eigenvalue weighted by atomic mass is 35.5. The third-order valence-corrected chi connectivity index (χ3v) is 4.72. The first-order valence-electron chi connectivity index (χ1n) is 5.56. The first kappa shape index (κ1) is 16.7. The molecule has 0 fully saturated rings. The second kappa shape index (κ2) is 6.85. The molecule has 0 bridgehead atoms. The average Bonchev–Trinajstić information content (AvgIpc) is 2.34. The minimum Gasteiger partial charge on any atom is -0.309 e. The van der Waals surface area contributed by atoms with E-state index < -0.39 is 15.8 Å². The van der Waals surface area contributed by atoms with Gasteiger partial charge in [0, 0.05) is 23.2 Å². The molecule has 2 N–H and O–H groups in total. The van der Waals surface area contributed by atoms with Crippen LogP contribution in [0.2, 0.25) is 10.0 Å². The van der Waals surface area contributed by atoms with E-state index in [-0.39, 0.29) is 23.4 Å². The standard InChI is InChI=1S/C11H15Cl2FN2O2S/c1-7(16-5-6-19(17,18)15-2)10-8(12)3-4-9(14)11(10)13/h3-4,7,15-16H,5-6H2,1-2H3. The van der Waals surface area contributed by atoms with Crippen LogP contribution in [0.4, 0.5) is 4.39 Å². The van der Waals surface area contributed by atoms with Gasteiger partial charge in [0.25, 0.3) is 0 Å². The molecule has 1 unspecified atom stereocenters. The Kier molecular flexibility index (Phi) is 6.01. The second-order valence-corrected chi connectivity index (χ2v) is 6.79. The van der Waals surface area contributed by atoms with E-state index in [1.807, 2.05) is 0 Å². The Morgan fingerprint density at radius 1 is 1.37 bits per heavy atom. The molecule has 8 heteroatoms. The zero-order valence-electron chi connectivity index (χ0n) is 10.5. The van der Waals surface area contributed by atoms with Gasteiger partial charge in [0.2, 0.25) is 10.0 Å². The van der Waals surface area contributed by atoms with Gasteiger partial charge in [-0.3, -0.25) is 0 Å². The summed E-state index contributed by atoms with van der Waals surface area (Å²) in [7, 11) is -1.93. The highest BCUT2D eigenvalue weighted by Crippen LogP contribution is 2.32. The molecule has 0 aliphatic rings. The fourth-order valence-corrected chi connectivity index (χ4v) is 2.84. The third kappa shape index (κ3) is 4.57. The lowest BCUT2D eigenvalue weighted by molar-refractivity contribution is 0.563. The molecule has 0 amide bonds. The quantitative estimate of drug-likeness (QED) is 0.788. The summed E-state index contributed by atoms with van der Waals surface area (Å²) in [6, 6.07) is 2.25. The highest BCUT2D eigenvalue weighted by Gasteiger charge is 2.17. The van der Waals surface area contributed by atoms with Crippen molar-refractivity contribution in [2.75, 3.05) is 19.3 Å². The van der Waals surface area contributed by atoms with Crippen LogP contribution in [0.1, 0.15) is 18.5 Å². The zero-order valence-corrected chi connectivity index (χ0v) is 12.8. The van der Waals surface area contributed by atoms with Gasteiger partial charge in [0.1, 0.15) is 5.82 Å². The molecule has 1 aromatic carbocycles. The molecule has 0 aromatic heterocycles. The highest BCUT2D eigenvalue weighted by molar-refractivity contribution is 7.89. The SMILES string of the molecule is CNS(=O)(=O)CCNC(C)c1c(Cl)ccc(F)c1Cl. The summed E-state index contributed by atoms with van der Waals surface area (Å²) in [6.45, 7) is 1.94. The number of benzene rings is 1. The number of hydrogen-bond donors (Lipinski definition) is 2. The van der Waals surface area contributed by atoms with Crippen molar-refractivity contribution in [2.24, 2.45) is 0 Å². The molecular formula is C11H15Cl2FN2O2S. The van der Waals surface area contributed by atoms with Crippen LogP contribution in [0, 0.1) is 5.82 Å². The van der Waals surface area contributed by atoms with Crippen molar-refractivity contribution >= 4 is 33.2 Å². The maximum Gasteiger partial charge on any atom is 0.212 e. The van der Waals surface area contributed by atoms with Crippen molar-refractivity contribution in [3.05, 3.63) is 33.6 Å². The van der Waals surface area contributed by atoms with Crippen molar-refractivity contribution < 1.29 is 12.8 Å². The Morgan fingerprint density at radius 3 is 2.58 bits per heavy atom. The molecule has 19 heavy (non-hydrogen) atoms. The normalized spacial score (nSPS) is 13.5. The van der Waals surface area contributed by atoms with Crippen LogP contribution in [0.5, 0.6) is 0 Å². The largest absolute Gasteiger partial charge is 0.309 e. The lowest BCUT2D eigenvalue weighted by Crippen LogP contribution is -2.31. The van der Waals surface area contributed by atoms with E-state index in [1.165, 1.54) is 19.2 Å². The Hall–Kier alpha value is -0.400. The van der Waals surface area contributed by atoms with Crippen molar-refractivity contribution in [3.8, 4) is 0 Å². The molecule has 108 valence electrons. The summed E-state index contributed by atoms with van der Waals surface area (Å²) in [5, 5.41) is 3.23. The van der Waals surface area contributed by atoms with Gasteiger partial charge in [-0.05, 0) is 26.1 Å². The Labute approximate surface area is 122 Å². The van der Waals surface area contributed by atoms with Crippen LogP contribution in [0.15, 0.2) is 12.1 Å². The molecular weight excluding hydrogens is 314 g/mol. The molecule has 1 rings (SSSR count). The van der Waals surface area contributed by atoms with Gasteiger partial charge < -0.3 is 5.32 Å². The summed E-state index contributed by atoms with van der Waals surface area (Å²) in [5.41, 5.74) is 0.421. The molecule has 0 aliphatic heterocycles. The van der Waals surface area contributed by atoms with E-state index in [0.717, 1.165) is 0 Å². The van der Waals surface area contributed by atoms with Crippen molar-refractivity contribution in [1.82, 2.24) is 10.0 Å². The predicted molar refractivity (Wildman–Crippen MR) is 75.7 cm³/mol. The summed E-state index contributed by atoms with van der Waals surface area (Å²) < 4.78 is 38.1. The minimum atomic E-state index is -3.28. The number of hydrogen-bond acceptors (Lipinski definition) is 3. The van der Waals surface area contributed by atoms with Gasteiger partial charge in [-0.2, -0.15) is 0 Å². The number of nitrogens with one attached hydrogen (secondary N) is 2. The van der Waals surface area contributed by atoms with Gasteiger partial charge in [0.15, 0.2) is 0 Å². The first-order chi connectivity index (χ1) is 8.78. The lowest BCUT2D eigenvalue weighted by atomic mass is 10.1. The van der Waals surface area contributed by atoms with E-state index in [9.17, 15) is 12.8 Å². The smallest absolute Gasteiger partial charge is 0.212 e. The van der Waals surface area contributed by atoms with Gasteiger partial charge in [-0.15, -0.1) is 0 Å². The molecule has 0 saturated heterocycles. The van der Waals surface area contributed by atoms with E-state index in [1.54, 1.807) is 6.92 Å². The summed E-state index contributed by atoms with van der Waals surface area (Å²) >= 11 is 11.8. The second-order valence-electron chi connectivity index (χ2n) is 3.96. The van der Waals surface area contributed by atoms with Crippen molar-refractivity contribution in [2.45, 2.75) is 13.0 Å². The van der Waals surface area contributed by atoms with Gasteiger partial charge >= 0.3 is 0 Å². The fraction of sp³-hybridized carbons (Fsp3) is 0.455. The molecule has 0 spiro atoms. The van der Waals surface area contributed by atoms with Crippen molar-refractivity contribution in [1.29, 1.82) is 0 Å². The van der Waals surface area contributed by atoms with Crippen molar-refractivity contribution in [3.63, 3.8) is 0 Å². The van der Waals surface area contributed by atoms with Crippen LogP contribution in [0.3, 0.4) is 0 Å². The fourth-order valence-electron chi connectivity index (χ4n) is 1.55. The van der Waals surface area contributed by atoms with Gasteiger partial charge in [-0.25, -0.2) is 17.5 Å². The van der Waals surface area contributed by atoms with E-state index in [0.29, 0.717) is 10.6 Å². The molecule has 1 atom stereocenters. The topological polar surface area (TPSA) is 58.2 Å². The summed E-state index contributed by atoms with van der Waals surface area (Å²) in [5.74, 6) is -0.643.